The molecule has 3 nitrogen and oxygen atoms in total. The third-order valence-corrected chi connectivity index (χ3v) is 4.60. The summed E-state index contributed by atoms with van der Waals surface area (Å²) in [6, 6.07) is 25.4. The molecule has 0 N–H and O–H groups in total. The molecule has 0 atom stereocenters. The van der Waals surface area contributed by atoms with E-state index in [9.17, 15) is 4.79 Å². The fourth-order valence-corrected chi connectivity index (χ4v) is 3.03. The third-order valence-electron chi connectivity index (χ3n) is 4.60. The first-order valence-electron chi connectivity index (χ1n) is 8.88. The number of carbonyl (C=O) groups excluding carboxylic acids is 1. The molecule has 0 bridgehead atoms. The van der Waals surface area contributed by atoms with Crippen LogP contribution in [0.15, 0.2) is 104 Å². The van der Waals surface area contributed by atoms with Crippen LogP contribution < -0.4 is 45.5 Å². The molecular weight excluding hydrogens is 495 g/mol. The Morgan fingerprint density at radius 3 is 1.69 bits per heavy atom. The van der Waals surface area contributed by atoms with Gasteiger partial charge in [0.05, 0.1) is 0 Å². The molecule has 2 aromatic heterocycles. The maximum absolute atomic E-state index is 12.5. The molecule has 0 saturated carbocycles. The van der Waals surface area contributed by atoms with Crippen LogP contribution in [0.25, 0.3) is 16.8 Å². The molecule has 2 heterocycles. The van der Waals surface area contributed by atoms with Crippen molar-refractivity contribution < 1.29 is 50.3 Å². The maximum atomic E-state index is 12.5. The van der Waals surface area contributed by atoms with E-state index in [0.29, 0.717) is 11.1 Å². The minimum Gasteiger partial charge on any atom is -1.00 e. The van der Waals surface area contributed by atoms with Crippen molar-refractivity contribution in [3.63, 3.8) is 0 Å². The number of aromatic nitrogens is 2. The number of ketones is 1. The molecule has 2 aromatic carbocycles. The van der Waals surface area contributed by atoms with Crippen molar-refractivity contribution in [3.8, 4) is 16.8 Å². The number of benzene rings is 2. The minimum absolute atomic E-state index is 0. The van der Waals surface area contributed by atoms with Crippen LogP contribution >= 0.6 is 0 Å². The molecule has 0 aliphatic heterocycles. The average molecular weight is 515 g/mol. The molecule has 0 amide bonds. The predicted molar refractivity (Wildman–Crippen MR) is 104 cm³/mol. The van der Waals surface area contributed by atoms with Gasteiger partial charge in [0.25, 0.3) is 0 Å². The SMILES string of the molecule is C[n+]1ccc(-c2cc[n+](-c3ccc(C(=O)c4ccccc4)cc3)cc2)cc1.[Cl-].[I-]. The zero-order chi connectivity index (χ0) is 18.6. The van der Waals surface area contributed by atoms with Gasteiger partial charge in [0.15, 0.2) is 30.6 Å². The number of hydrogen-bond acceptors (Lipinski definition) is 1. The zero-order valence-corrected chi connectivity index (χ0v) is 18.8. The van der Waals surface area contributed by atoms with Gasteiger partial charge in [-0.2, -0.15) is 4.57 Å². The molecule has 0 unspecified atom stereocenters. The van der Waals surface area contributed by atoms with Crippen LogP contribution in [0.1, 0.15) is 15.9 Å². The van der Waals surface area contributed by atoms with Crippen molar-refractivity contribution in [1.29, 1.82) is 0 Å². The van der Waals surface area contributed by atoms with E-state index < -0.39 is 0 Å². The fraction of sp³-hybridized carbons (Fsp3) is 0.0417. The molecule has 4 rings (SSSR count). The Balaban J connectivity index is 0.00000150. The van der Waals surface area contributed by atoms with Crippen molar-refractivity contribution in [2.24, 2.45) is 7.05 Å². The standard InChI is InChI=1S/C24H20N2O.ClH.HI/c1-25-15-11-19(12-16-25)20-13-17-26(18-14-20)23-9-7-22(8-10-23)24(27)21-5-3-2-4-6-21;;/h2-18H,1H3;2*1H/q+2;;/p-2. The highest BCUT2D eigenvalue weighted by Gasteiger charge is 2.11. The van der Waals surface area contributed by atoms with Crippen molar-refractivity contribution in [3.05, 3.63) is 115 Å². The zero-order valence-electron chi connectivity index (χ0n) is 15.9. The first kappa shape index (κ1) is 22.7. The van der Waals surface area contributed by atoms with Gasteiger partial charge in [0.1, 0.15) is 7.05 Å². The lowest BCUT2D eigenvalue weighted by molar-refractivity contribution is -0.671. The minimum atomic E-state index is 0. The van der Waals surface area contributed by atoms with Crippen LogP contribution in [0.3, 0.4) is 0 Å². The topological polar surface area (TPSA) is 24.8 Å². The van der Waals surface area contributed by atoms with Crippen molar-refractivity contribution in [2.75, 3.05) is 0 Å². The largest absolute Gasteiger partial charge is 1.00 e. The molecular formula is C24H20ClIN2O. The van der Waals surface area contributed by atoms with Crippen molar-refractivity contribution in [1.82, 2.24) is 0 Å². The van der Waals surface area contributed by atoms with E-state index in [2.05, 4.69) is 24.3 Å². The van der Waals surface area contributed by atoms with E-state index in [1.165, 1.54) is 11.1 Å². The van der Waals surface area contributed by atoms with E-state index in [-0.39, 0.29) is 42.2 Å². The van der Waals surface area contributed by atoms with Crippen LogP contribution in [0, 0.1) is 0 Å². The molecule has 0 saturated heterocycles. The second-order valence-corrected chi connectivity index (χ2v) is 6.49. The molecule has 29 heavy (non-hydrogen) atoms. The first-order valence-corrected chi connectivity index (χ1v) is 8.88. The highest BCUT2D eigenvalue weighted by atomic mass is 127. The van der Waals surface area contributed by atoms with Gasteiger partial charge in [-0.05, 0) is 23.3 Å². The van der Waals surface area contributed by atoms with Gasteiger partial charge in [-0.15, -0.1) is 0 Å². The first-order chi connectivity index (χ1) is 13.2. The van der Waals surface area contributed by atoms with Crippen LogP contribution in [0.5, 0.6) is 0 Å². The number of carbonyl (C=O) groups is 1. The summed E-state index contributed by atoms with van der Waals surface area (Å²) < 4.78 is 4.06. The Morgan fingerprint density at radius 2 is 1.14 bits per heavy atom. The summed E-state index contributed by atoms with van der Waals surface area (Å²) in [6.07, 6.45) is 8.16. The summed E-state index contributed by atoms with van der Waals surface area (Å²) in [5.41, 5.74) is 4.77. The van der Waals surface area contributed by atoms with E-state index in [1.54, 1.807) is 0 Å². The number of halogens is 2. The van der Waals surface area contributed by atoms with Crippen LogP contribution in [0.2, 0.25) is 0 Å². The summed E-state index contributed by atoms with van der Waals surface area (Å²) >= 11 is 0. The highest BCUT2D eigenvalue weighted by Crippen LogP contribution is 2.16. The molecule has 0 fully saturated rings. The molecule has 0 aliphatic carbocycles. The van der Waals surface area contributed by atoms with E-state index in [0.717, 1.165) is 5.69 Å². The Bertz CT molecular complexity index is 1060. The number of nitrogens with zero attached hydrogens (tertiary/aromatic N) is 2. The number of aryl methyl sites for hydroxylation is 1. The van der Waals surface area contributed by atoms with Gasteiger partial charge in [-0.1, -0.05) is 30.3 Å². The lowest BCUT2D eigenvalue weighted by atomic mass is 10.0. The Morgan fingerprint density at radius 1 is 0.655 bits per heavy atom. The summed E-state index contributed by atoms with van der Waals surface area (Å²) in [5.74, 6) is 0.0414. The second kappa shape index (κ2) is 10.3. The lowest BCUT2D eigenvalue weighted by Gasteiger charge is -2.02. The quantitative estimate of drug-likeness (QED) is 0.171. The van der Waals surface area contributed by atoms with Crippen LogP contribution in [-0.4, -0.2) is 5.78 Å². The molecule has 0 radical (unpaired) electrons. The van der Waals surface area contributed by atoms with E-state index in [4.69, 9.17) is 0 Å². The highest BCUT2D eigenvalue weighted by molar-refractivity contribution is 6.08. The molecule has 4 aromatic rings. The van der Waals surface area contributed by atoms with Gasteiger partial charge < -0.3 is 36.4 Å². The number of rotatable bonds is 4. The summed E-state index contributed by atoms with van der Waals surface area (Å²) in [6.45, 7) is 0. The maximum Gasteiger partial charge on any atom is 0.210 e. The molecule has 146 valence electrons. The van der Waals surface area contributed by atoms with Crippen LogP contribution in [-0.2, 0) is 7.05 Å². The monoisotopic (exact) mass is 514 g/mol. The average Bonchev–Trinajstić information content (AvgIpc) is 2.75. The van der Waals surface area contributed by atoms with Crippen molar-refractivity contribution in [2.45, 2.75) is 0 Å². The Hall–Kier alpha value is -2.57. The Labute approximate surface area is 194 Å². The van der Waals surface area contributed by atoms with Gasteiger partial charge in [0, 0.05) is 47.5 Å². The van der Waals surface area contributed by atoms with E-state index >= 15 is 0 Å². The summed E-state index contributed by atoms with van der Waals surface area (Å²) in [4.78, 5) is 12.5. The lowest BCUT2D eigenvalue weighted by Crippen LogP contribution is -3.00. The van der Waals surface area contributed by atoms with Gasteiger partial charge in [-0.3, -0.25) is 4.79 Å². The normalized spacial score (nSPS) is 9.83. The van der Waals surface area contributed by atoms with Crippen LogP contribution in [0.4, 0.5) is 0 Å². The summed E-state index contributed by atoms with van der Waals surface area (Å²) in [7, 11) is 2.01. The van der Waals surface area contributed by atoms with Gasteiger partial charge >= 0.3 is 0 Å². The summed E-state index contributed by atoms with van der Waals surface area (Å²) in [5, 5.41) is 0. The molecule has 0 spiro atoms. The predicted octanol–water partition coefficient (Wildman–Crippen LogP) is -2.31. The fourth-order valence-electron chi connectivity index (χ4n) is 3.03. The van der Waals surface area contributed by atoms with E-state index in [1.807, 2.05) is 95.6 Å². The smallest absolute Gasteiger partial charge is 0.210 e. The van der Waals surface area contributed by atoms with Gasteiger partial charge in [0.2, 0.25) is 5.69 Å². The molecule has 0 aliphatic rings. The number of pyridine rings is 2. The molecule has 5 heteroatoms. The van der Waals surface area contributed by atoms with Gasteiger partial charge in [-0.25, -0.2) is 4.57 Å². The third kappa shape index (κ3) is 5.28. The van der Waals surface area contributed by atoms with Crippen molar-refractivity contribution >= 4 is 5.78 Å². The Kier molecular flexibility index (Phi) is 8.05. The number of hydrogen-bond donors (Lipinski definition) is 0. The second-order valence-electron chi connectivity index (χ2n) is 6.49.